The van der Waals surface area contributed by atoms with Crippen molar-refractivity contribution < 1.29 is 33.6 Å². The van der Waals surface area contributed by atoms with E-state index in [1.807, 2.05) is 0 Å². The third kappa shape index (κ3) is 9.64. The van der Waals surface area contributed by atoms with Crippen LogP contribution in [0.4, 0.5) is 0 Å². The van der Waals surface area contributed by atoms with Gasteiger partial charge in [0.2, 0.25) is 0 Å². The van der Waals surface area contributed by atoms with Gasteiger partial charge in [-0.1, -0.05) is 137 Å². The molecule has 208 valence electrons. The molecule has 0 aliphatic heterocycles. The Balaban J connectivity index is 0.000000197. The van der Waals surface area contributed by atoms with Crippen molar-refractivity contribution >= 4 is 67.9 Å². The average molecular weight is 732 g/mol. The number of hydrogen-bond acceptors (Lipinski definition) is 0. The summed E-state index contributed by atoms with van der Waals surface area (Å²) in [5, 5.41) is 8.47. The summed E-state index contributed by atoms with van der Waals surface area (Å²) < 4.78 is 0. The average Bonchev–Trinajstić information content (AvgIpc) is 3.72. The third-order valence-corrected chi connectivity index (χ3v) is 10.8. The molecule has 0 unspecified atom stereocenters. The van der Waals surface area contributed by atoms with Crippen molar-refractivity contribution in [1.29, 1.82) is 0 Å². The zero-order valence-corrected chi connectivity index (χ0v) is 27.4. The third-order valence-electron chi connectivity index (χ3n) is 5.86. The fourth-order valence-electron chi connectivity index (χ4n) is 4.23. The molecule has 0 radical (unpaired) electrons. The van der Waals surface area contributed by atoms with Crippen LogP contribution >= 0.6 is 36.0 Å². The molecule has 0 aliphatic carbocycles. The zero-order valence-electron chi connectivity index (χ0n) is 21.5. The second-order valence-corrected chi connectivity index (χ2v) is 14.6. The van der Waals surface area contributed by atoms with Gasteiger partial charge in [0.25, 0.3) is 0 Å². The van der Waals surface area contributed by atoms with Crippen molar-refractivity contribution in [3.05, 3.63) is 170 Å². The second-order valence-electron chi connectivity index (χ2n) is 8.35. The van der Waals surface area contributed by atoms with E-state index >= 15 is 0 Å². The minimum Gasteiger partial charge on any atom is -0.213 e. The van der Waals surface area contributed by atoms with E-state index in [1.54, 1.807) is 0 Å². The van der Waals surface area contributed by atoms with Crippen LogP contribution < -0.4 is 31.8 Å². The van der Waals surface area contributed by atoms with Crippen molar-refractivity contribution in [2.45, 2.75) is 0 Å². The van der Waals surface area contributed by atoms with Crippen LogP contribution in [-0.4, -0.2) is 0 Å². The van der Waals surface area contributed by atoms with Crippen LogP contribution in [0.15, 0.2) is 170 Å². The van der Waals surface area contributed by atoms with Crippen LogP contribution in [0.25, 0.3) is 0 Å². The Hall–Kier alpha value is -1.80. The van der Waals surface area contributed by atoms with Crippen molar-refractivity contribution in [3.63, 3.8) is 0 Å². The predicted octanol–water partition coefficient (Wildman–Crippen LogP) is 7.70. The molecule has 0 aliphatic rings. The van der Waals surface area contributed by atoms with Gasteiger partial charge in [0.05, 0.1) is 0 Å². The number of rotatable bonds is 6. The Morgan fingerprint density at radius 3 is 0.775 bits per heavy atom. The Bertz CT molecular complexity index is 1240. The van der Waals surface area contributed by atoms with Crippen LogP contribution in [0.3, 0.4) is 0 Å². The molecule has 6 aromatic carbocycles. The minimum atomic E-state index is -0.409. The summed E-state index contributed by atoms with van der Waals surface area (Å²) in [6.45, 7) is 0. The van der Waals surface area contributed by atoms with Crippen molar-refractivity contribution in [3.8, 4) is 0 Å². The van der Waals surface area contributed by atoms with E-state index in [2.05, 4.69) is 170 Å². The molecular weight excluding hydrogens is 703 g/mol. The van der Waals surface area contributed by atoms with E-state index in [4.69, 9.17) is 20.2 Å². The van der Waals surface area contributed by atoms with Gasteiger partial charge >= 0.3 is 33.3 Å². The molecule has 0 N–H and O–H groups in total. The molecule has 6 heteroatoms. The quantitative estimate of drug-likeness (QED) is 0.0937. The van der Waals surface area contributed by atoms with Crippen LogP contribution in [0.1, 0.15) is 0 Å². The van der Waals surface area contributed by atoms with Gasteiger partial charge in [-0.2, -0.15) is 24.3 Å². The summed E-state index contributed by atoms with van der Waals surface area (Å²) in [5.74, 6) is 0. The fourth-order valence-corrected chi connectivity index (χ4v) is 8.84. The second kappa shape index (κ2) is 18.6. The first-order chi connectivity index (χ1) is 19.3. The van der Waals surface area contributed by atoms with Gasteiger partial charge in [0, 0.05) is 20.4 Å². The topological polar surface area (TPSA) is 0 Å². The van der Waals surface area contributed by atoms with Crippen molar-refractivity contribution in [2.24, 2.45) is 0 Å². The van der Waals surface area contributed by atoms with Crippen molar-refractivity contribution in [2.75, 3.05) is 0 Å². The Kier molecular flexibility index (Phi) is 15.2. The molecule has 0 aromatic heterocycles. The maximum Gasteiger partial charge on any atom is 0 e. The fraction of sp³-hybridized carbons (Fsp3) is 0. The van der Waals surface area contributed by atoms with Crippen molar-refractivity contribution in [1.82, 2.24) is 0 Å². The molecule has 40 heavy (non-hydrogen) atoms. The summed E-state index contributed by atoms with van der Waals surface area (Å²) >= 11 is 0.194. The first-order valence-corrected chi connectivity index (χ1v) is 18.1. The Labute approximate surface area is 269 Å². The molecule has 6 rings (SSSR count). The van der Waals surface area contributed by atoms with Gasteiger partial charge < -0.3 is 0 Å². The molecule has 0 amide bonds. The molecule has 6 aromatic rings. The molecule has 0 fully saturated rings. The summed E-state index contributed by atoms with van der Waals surface area (Å²) in [4.78, 5) is 0. The van der Waals surface area contributed by atoms with E-state index in [0.29, 0.717) is 0 Å². The SMILES string of the molecule is [Cl][Fe][Cl].[Pd].c1ccc(P(c2ccccc2)[c-]2cccc2)cc1.c1ccc(P(c2ccccc2)[c-]2cccc2)cc1. The normalized spacial score (nSPS) is 10.2. The van der Waals surface area contributed by atoms with E-state index in [-0.39, 0.29) is 33.6 Å². The van der Waals surface area contributed by atoms with Gasteiger partial charge in [-0.15, -0.1) is 10.6 Å². The van der Waals surface area contributed by atoms with E-state index in [9.17, 15) is 0 Å². The smallest absolute Gasteiger partial charge is 0 e. The molecule has 0 saturated carbocycles. The number of benzene rings is 4. The van der Waals surface area contributed by atoms with Gasteiger partial charge in [0.1, 0.15) is 0 Å². The first kappa shape index (κ1) is 32.7. The van der Waals surface area contributed by atoms with Gasteiger partial charge in [-0.05, 0) is 21.2 Å². The van der Waals surface area contributed by atoms with Gasteiger partial charge in [-0.25, -0.2) is 24.3 Å². The summed E-state index contributed by atoms with van der Waals surface area (Å²) in [6.07, 6.45) is 0. The maximum absolute atomic E-state index is 4.76. The summed E-state index contributed by atoms with van der Waals surface area (Å²) in [5.41, 5.74) is 0. The molecule has 0 nitrogen and oxygen atoms in total. The molecule has 0 atom stereocenters. The minimum absolute atomic E-state index is 0. The summed E-state index contributed by atoms with van der Waals surface area (Å²) in [6, 6.07) is 60.5. The maximum atomic E-state index is 4.76. The molecule has 0 bridgehead atoms. The van der Waals surface area contributed by atoms with Gasteiger partial charge in [-0.3, -0.25) is 0 Å². The first-order valence-electron chi connectivity index (χ1n) is 12.4. The van der Waals surface area contributed by atoms with Crippen LogP contribution in [-0.2, 0) is 33.6 Å². The number of halogens is 2. The standard InChI is InChI=1S/2C17H14P.2ClH.Fe.Pd/c2*1-3-9-15(10-4-1)18(17-13-7-8-14-17)16-11-5-2-6-12-16;;;;/h2*1-14H;2*1H;;/q2*-1;;;+2;/p-2. The largest absolute Gasteiger partial charge is 0.213 e. The Morgan fingerprint density at radius 2 is 0.575 bits per heavy atom. The van der Waals surface area contributed by atoms with E-state index < -0.39 is 15.8 Å². The molecular formula is C34H28Cl2FeP2Pd-2. The summed E-state index contributed by atoms with van der Waals surface area (Å²) in [7, 11) is 8.71. The van der Waals surface area contributed by atoms with E-state index in [0.717, 1.165) is 0 Å². The molecule has 0 saturated heterocycles. The molecule has 0 spiro atoms. The van der Waals surface area contributed by atoms with Gasteiger partial charge in [0.15, 0.2) is 0 Å². The van der Waals surface area contributed by atoms with Crippen LogP contribution in [0.2, 0.25) is 0 Å². The number of hydrogen-bond donors (Lipinski definition) is 0. The van der Waals surface area contributed by atoms with Crippen LogP contribution in [0, 0.1) is 0 Å². The molecule has 0 heterocycles. The Morgan fingerprint density at radius 1 is 0.375 bits per heavy atom. The predicted molar refractivity (Wildman–Crippen MR) is 173 cm³/mol. The monoisotopic (exact) mass is 730 g/mol. The zero-order chi connectivity index (χ0) is 27.1. The van der Waals surface area contributed by atoms with Crippen LogP contribution in [0.5, 0.6) is 0 Å². The van der Waals surface area contributed by atoms with E-state index in [1.165, 1.54) is 31.8 Å².